The van der Waals surface area contributed by atoms with Crippen molar-refractivity contribution in [3.05, 3.63) is 30.3 Å². The van der Waals surface area contributed by atoms with E-state index in [2.05, 4.69) is 49.5 Å². The molecule has 1 atom stereocenters. The number of alkyl halides is 1. The monoisotopic (exact) mass is 227 g/mol. The molecule has 0 aliphatic heterocycles. The number of nitrogens with one attached hydrogen (secondary N) is 1. The molecule has 0 aliphatic carbocycles. The molecule has 3 heteroatoms. The first kappa shape index (κ1) is 11.8. The van der Waals surface area contributed by atoms with Crippen molar-refractivity contribution in [1.82, 2.24) is 5.32 Å². The van der Waals surface area contributed by atoms with E-state index in [1.165, 1.54) is 5.19 Å². The first-order valence-corrected chi connectivity index (χ1v) is 6.76. The largest absolute Gasteiger partial charge is 0.304 e. The zero-order valence-corrected chi connectivity index (χ0v) is 11.2. The van der Waals surface area contributed by atoms with Crippen molar-refractivity contribution in [3.8, 4) is 0 Å². The molecule has 78 valence electrons. The van der Waals surface area contributed by atoms with Gasteiger partial charge >= 0.3 is 0 Å². The molecule has 0 saturated heterocycles. The fourth-order valence-electron chi connectivity index (χ4n) is 1.60. The van der Waals surface area contributed by atoms with E-state index >= 15 is 0 Å². The van der Waals surface area contributed by atoms with Crippen LogP contribution in [0.1, 0.15) is 13.8 Å². The second-order valence-electron chi connectivity index (χ2n) is 4.30. The Balaban J connectivity index is 2.68. The summed E-state index contributed by atoms with van der Waals surface area (Å²) in [5.41, 5.74) is 0.0642. The lowest BCUT2D eigenvalue weighted by atomic mass is 10.2. The smallest absolute Gasteiger partial charge is 0.0848 e. The Bertz CT molecular complexity index is 274. The Kier molecular flexibility index (Phi) is 4.17. The topological polar surface area (TPSA) is 12.0 Å². The highest BCUT2D eigenvalue weighted by Gasteiger charge is 2.27. The minimum atomic E-state index is -0.336. The Morgan fingerprint density at radius 1 is 1.29 bits per heavy atom. The van der Waals surface area contributed by atoms with Crippen LogP contribution in [0.4, 0.5) is 0 Å². The highest BCUT2D eigenvalue weighted by Crippen LogP contribution is 2.29. The van der Waals surface area contributed by atoms with Gasteiger partial charge < -0.3 is 5.32 Å². The third-order valence-electron chi connectivity index (χ3n) is 2.44. The first-order chi connectivity index (χ1) is 6.56. The Morgan fingerprint density at radius 2 is 1.86 bits per heavy atom. The molecule has 1 nitrogen and oxygen atoms in total. The van der Waals surface area contributed by atoms with Crippen molar-refractivity contribution in [2.75, 3.05) is 7.05 Å². The molecule has 0 bridgehead atoms. The summed E-state index contributed by atoms with van der Waals surface area (Å²) >= 11 is 6.23. The predicted octanol–water partition coefficient (Wildman–Crippen LogP) is 1.46. The van der Waals surface area contributed by atoms with Crippen LogP contribution in [0.3, 0.4) is 0 Å². The quantitative estimate of drug-likeness (QED) is 0.467. The van der Waals surface area contributed by atoms with Crippen molar-refractivity contribution in [2.24, 2.45) is 0 Å². The second-order valence-corrected chi connectivity index (χ2v) is 7.73. The maximum atomic E-state index is 6.23. The fourth-order valence-corrected chi connectivity index (χ4v) is 3.78. The van der Waals surface area contributed by atoms with Gasteiger partial charge in [0.1, 0.15) is 0 Å². The van der Waals surface area contributed by atoms with E-state index in [4.69, 9.17) is 11.6 Å². The van der Waals surface area contributed by atoms with E-state index < -0.39 is 0 Å². The van der Waals surface area contributed by atoms with Gasteiger partial charge in [0.05, 0.1) is 15.0 Å². The molecule has 14 heavy (non-hydrogen) atoms. The van der Waals surface area contributed by atoms with Crippen LogP contribution in [0, 0.1) is 0 Å². The third-order valence-corrected chi connectivity index (χ3v) is 5.71. The van der Waals surface area contributed by atoms with Crippen molar-refractivity contribution < 1.29 is 0 Å². The molecular weight excluding hydrogens is 210 g/mol. The van der Waals surface area contributed by atoms with Crippen LogP contribution >= 0.6 is 11.6 Å². The molecule has 0 aromatic heterocycles. The maximum Gasteiger partial charge on any atom is 0.0848 e. The summed E-state index contributed by atoms with van der Waals surface area (Å²) in [6.45, 7) is 4.47. The number of hydrogen-bond donors (Lipinski definition) is 1. The number of benzene rings is 1. The van der Waals surface area contributed by atoms with Crippen LogP contribution in [0.15, 0.2) is 30.3 Å². The van der Waals surface area contributed by atoms with Gasteiger partial charge in [-0.05, 0) is 12.1 Å². The fraction of sp³-hybridized carbons (Fsp3) is 0.455. The number of hydrogen-bond acceptors (Lipinski definition) is 1. The zero-order valence-electron chi connectivity index (χ0n) is 9.05. The van der Waals surface area contributed by atoms with Gasteiger partial charge in [0.15, 0.2) is 0 Å². The molecule has 1 aromatic carbocycles. The van der Waals surface area contributed by atoms with Gasteiger partial charge in [-0.1, -0.05) is 49.4 Å². The molecule has 0 saturated carbocycles. The summed E-state index contributed by atoms with van der Waals surface area (Å²) in [5.74, 6) is 0. The molecule has 0 amide bonds. The molecule has 0 spiro atoms. The van der Waals surface area contributed by atoms with Gasteiger partial charge in [-0.3, -0.25) is 0 Å². The lowest BCUT2D eigenvalue weighted by Crippen LogP contribution is -2.38. The van der Waals surface area contributed by atoms with E-state index in [1.807, 2.05) is 7.05 Å². The van der Waals surface area contributed by atoms with E-state index in [1.54, 1.807) is 0 Å². The van der Waals surface area contributed by atoms with Crippen molar-refractivity contribution in [1.29, 1.82) is 0 Å². The number of rotatable bonds is 4. The van der Waals surface area contributed by atoms with Crippen LogP contribution in [0.2, 0.25) is 5.04 Å². The van der Waals surface area contributed by atoms with E-state index in [0.29, 0.717) is 0 Å². The van der Waals surface area contributed by atoms with E-state index in [0.717, 1.165) is 0 Å². The van der Waals surface area contributed by atoms with Gasteiger partial charge in [-0.15, -0.1) is 11.6 Å². The minimum Gasteiger partial charge on any atom is -0.304 e. The van der Waals surface area contributed by atoms with Crippen LogP contribution in [0.5, 0.6) is 0 Å². The molecule has 1 aromatic rings. The van der Waals surface area contributed by atoms with E-state index in [-0.39, 0.29) is 20.1 Å². The molecule has 0 fully saturated rings. The Morgan fingerprint density at radius 3 is 2.36 bits per heavy atom. The molecular formula is C11H18ClNSi. The zero-order chi connectivity index (χ0) is 10.6. The first-order valence-electron chi connectivity index (χ1n) is 4.91. The minimum absolute atomic E-state index is 0.0642. The van der Waals surface area contributed by atoms with Gasteiger partial charge in [0.2, 0.25) is 0 Å². The van der Waals surface area contributed by atoms with Gasteiger partial charge in [-0.25, -0.2) is 0 Å². The Hall–Kier alpha value is -0.313. The third kappa shape index (κ3) is 3.12. The summed E-state index contributed by atoms with van der Waals surface area (Å²) < 4.78 is 0. The number of halogens is 1. The van der Waals surface area contributed by atoms with Crippen LogP contribution in [0.25, 0.3) is 0 Å². The molecule has 0 radical (unpaired) electrons. The van der Waals surface area contributed by atoms with Crippen LogP contribution in [-0.4, -0.2) is 22.1 Å². The summed E-state index contributed by atoms with van der Waals surface area (Å²) in [5, 5.41) is 4.80. The Labute approximate surface area is 93.7 Å². The molecule has 0 heterocycles. The average Bonchev–Trinajstić information content (AvgIpc) is 2.17. The normalized spacial score (nSPS) is 14.9. The van der Waals surface area contributed by atoms with Crippen molar-refractivity contribution >= 4 is 26.3 Å². The predicted molar refractivity (Wildman–Crippen MR) is 67.4 cm³/mol. The lowest BCUT2D eigenvalue weighted by Gasteiger charge is -2.29. The molecule has 0 aliphatic rings. The molecule has 1 rings (SSSR count). The molecule has 1 unspecified atom stereocenters. The van der Waals surface area contributed by atoms with Crippen molar-refractivity contribution in [3.63, 3.8) is 0 Å². The van der Waals surface area contributed by atoms with Gasteiger partial charge in [0.25, 0.3) is 0 Å². The second kappa shape index (κ2) is 4.96. The van der Waals surface area contributed by atoms with Crippen LogP contribution < -0.4 is 10.5 Å². The lowest BCUT2D eigenvalue weighted by molar-refractivity contribution is 0.562. The van der Waals surface area contributed by atoms with Crippen molar-refractivity contribution in [2.45, 2.75) is 24.4 Å². The SMILES string of the molecule is CNC(Cl)C(C)(C)[SiH2]c1ccccc1. The summed E-state index contributed by atoms with van der Waals surface area (Å²) in [4.78, 5) is 0. The summed E-state index contributed by atoms with van der Waals surface area (Å²) in [7, 11) is 1.58. The van der Waals surface area contributed by atoms with E-state index in [9.17, 15) is 0 Å². The summed E-state index contributed by atoms with van der Waals surface area (Å²) in [6.07, 6.45) is 0. The molecule has 1 N–H and O–H groups in total. The summed E-state index contributed by atoms with van der Waals surface area (Å²) in [6, 6.07) is 10.7. The maximum absolute atomic E-state index is 6.23. The average molecular weight is 228 g/mol. The van der Waals surface area contributed by atoms with Gasteiger partial charge in [-0.2, -0.15) is 0 Å². The highest BCUT2D eigenvalue weighted by atomic mass is 35.5. The van der Waals surface area contributed by atoms with Gasteiger partial charge in [0, 0.05) is 0 Å². The standard InChI is InChI=1S/C11H18ClNSi/c1-11(2,10(12)13-3)14-9-7-5-4-6-8-9/h4-8,10,13H,14H2,1-3H3. The van der Waals surface area contributed by atoms with Crippen LogP contribution in [-0.2, 0) is 0 Å². The highest BCUT2D eigenvalue weighted by molar-refractivity contribution is 6.58.